The molecule has 0 amide bonds. The molecule has 0 aromatic carbocycles. The zero-order chi connectivity index (χ0) is 9.90. The van der Waals surface area contributed by atoms with E-state index in [1.54, 1.807) is 0 Å². The monoisotopic (exact) mass is 182 g/mol. The van der Waals surface area contributed by atoms with Gasteiger partial charge in [0.1, 0.15) is 5.54 Å². The molecular weight excluding hydrogens is 164 g/mol. The zero-order valence-electron chi connectivity index (χ0n) is 8.71. The van der Waals surface area contributed by atoms with Crippen LogP contribution in [0.15, 0.2) is 0 Å². The first-order chi connectivity index (χ1) is 6.08. The Bertz CT molecular complexity index is 201. The van der Waals surface area contributed by atoms with Crippen molar-refractivity contribution in [2.24, 2.45) is 0 Å². The van der Waals surface area contributed by atoms with Crippen molar-refractivity contribution in [3.05, 3.63) is 0 Å². The SMILES string of the molecule is CN(C1CCOCC1)C(C)(C)C#N. The summed E-state index contributed by atoms with van der Waals surface area (Å²) in [5, 5.41) is 8.97. The molecule has 0 unspecified atom stereocenters. The van der Waals surface area contributed by atoms with Crippen LogP contribution < -0.4 is 0 Å². The standard InChI is InChI=1S/C10H18N2O/c1-10(2,8-11)12(3)9-4-6-13-7-5-9/h9H,4-7H2,1-3H3. The van der Waals surface area contributed by atoms with E-state index in [1.807, 2.05) is 20.9 Å². The van der Waals surface area contributed by atoms with E-state index < -0.39 is 0 Å². The summed E-state index contributed by atoms with van der Waals surface area (Å²) in [6.45, 7) is 5.58. The van der Waals surface area contributed by atoms with Gasteiger partial charge in [-0.2, -0.15) is 5.26 Å². The van der Waals surface area contributed by atoms with Gasteiger partial charge in [-0.3, -0.25) is 4.90 Å². The molecule has 13 heavy (non-hydrogen) atoms. The smallest absolute Gasteiger partial charge is 0.103 e. The number of rotatable bonds is 2. The van der Waals surface area contributed by atoms with Gasteiger partial charge in [0.2, 0.25) is 0 Å². The zero-order valence-corrected chi connectivity index (χ0v) is 8.71. The molecule has 0 aromatic rings. The maximum atomic E-state index is 8.97. The second kappa shape index (κ2) is 4.08. The van der Waals surface area contributed by atoms with Crippen molar-refractivity contribution in [2.45, 2.75) is 38.3 Å². The lowest BCUT2D eigenvalue weighted by atomic mass is 9.99. The third-order valence-corrected chi connectivity index (χ3v) is 2.89. The summed E-state index contributed by atoms with van der Waals surface area (Å²) >= 11 is 0. The minimum Gasteiger partial charge on any atom is -0.381 e. The molecule has 1 aliphatic rings. The van der Waals surface area contributed by atoms with Gasteiger partial charge in [-0.1, -0.05) is 0 Å². The molecule has 0 atom stereocenters. The summed E-state index contributed by atoms with van der Waals surface area (Å²) in [6, 6.07) is 2.83. The molecule has 0 aromatic heterocycles. The van der Waals surface area contributed by atoms with E-state index in [0.29, 0.717) is 6.04 Å². The van der Waals surface area contributed by atoms with Gasteiger partial charge in [-0.05, 0) is 33.7 Å². The average molecular weight is 182 g/mol. The second-order valence-electron chi connectivity index (χ2n) is 4.13. The van der Waals surface area contributed by atoms with E-state index in [0.717, 1.165) is 26.1 Å². The third kappa shape index (κ3) is 2.43. The highest BCUT2D eigenvalue weighted by Crippen LogP contribution is 2.20. The van der Waals surface area contributed by atoms with Crippen LogP contribution in [-0.2, 0) is 4.74 Å². The van der Waals surface area contributed by atoms with Crippen LogP contribution in [0.5, 0.6) is 0 Å². The summed E-state index contributed by atoms with van der Waals surface area (Å²) in [6.07, 6.45) is 2.09. The quantitative estimate of drug-likeness (QED) is 0.647. The van der Waals surface area contributed by atoms with Crippen LogP contribution in [0, 0.1) is 11.3 Å². The Morgan fingerprint density at radius 1 is 1.38 bits per heavy atom. The van der Waals surface area contributed by atoms with Crippen LogP contribution in [-0.4, -0.2) is 36.7 Å². The molecule has 74 valence electrons. The molecule has 0 aliphatic carbocycles. The number of hydrogen-bond acceptors (Lipinski definition) is 3. The van der Waals surface area contributed by atoms with Gasteiger partial charge in [-0.25, -0.2) is 0 Å². The Hall–Kier alpha value is -0.590. The Morgan fingerprint density at radius 2 is 1.92 bits per heavy atom. The highest BCUT2D eigenvalue weighted by atomic mass is 16.5. The van der Waals surface area contributed by atoms with Crippen LogP contribution in [0.25, 0.3) is 0 Å². The number of nitrogens with zero attached hydrogens (tertiary/aromatic N) is 2. The highest BCUT2D eigenvalue weighted by Gasteiger charge is 2.30. The first kappa shape index (κ1) is 10.5. The van der Waals surface area contributed by atoms with Gasteiger partial charge < -0.3 is 4.74 Å². The largest absolute Gasteiger partial charge is 0.381 e. The van der Waals surface area contributed by atoms with E-state index >= 15 is 0 Å². The van der Waals surface area contributed by atoms with Crippen LogP contribution in [0.1, 0.15) is 26.7 Å². The fraction of sp³-hybridized carbons (Fsp3) is 0.900. The minimum atomic E-state index is -0.359. The Labute approximate surface area is 80.3 Å². The van der Waals surface area contributed by atoms with E-state index in [-0.39, 0.29) is 5.54 Å². The Morgan fingerprint density at radius 3 is 2.38 bits per heavy atom. The predicted octanol–water partition coefficient (Wildman–Crippen LogP) is 1.40. The van der Waals surface area contributed by atoms with Gasteiger partial charge in [-0.15, -0.1) is 0 Å². The van der Waals surface area contributed by atoms with E-state index in [1.165, 1.54) is 0 Å². The van der Waals surface area contributed by atoms with Crippen molar-refractivity contribution in [2.75, 3.05) is 20.3 Å². The number of nitriles is 1. The summed E-state index contributed by atoms with van der Waals surface area (Å²) in [5.74, 6) is 0. The number of hydrogen-bond donors (Lipinski definition) is 0. The summed E-state index contributed by atoms with van der Waals surface area (Å²) in [7, 11) is 2.03. The molecule has 0 spiro atoms. The molecule has 1 aliphatic heterocycles. The second-order valence-corrected chi connectivity index (χ2v) is 4.13. The van der Waals surface area contributed by atoms with Gasteiger partial charge in [0, 0.05) is 19.3 Å². The average Bonchev–Trinajstić information content (AvgIpc) is 2.18. The highest BCUT2D eigenvalue weighted by molar-refractivity contribution is 5.02. The van der Waals surface area contributed by atoms with Crippen molar-refractivity contribution >= 4 is 0 Å². The molecule has 1 heterocycles. The molecule has 0 radical (unpaired) electrons. The maximum absolute atomic E-state index is 8.97. The molecule has 1 saturated heterocycles. The Balaban J connectivity index is 2.55. The summed E-state index contributed by atoms with van der Waals surface area (Å²) in [5.41, 5.74) is -0.359. The lowest BCUT2D eigenvalue weighted by Gasteiger charge is -2.38. The summed E-state index contributed by atoms with van der Waals surface area (Å²) in [4.78, 5) is 2.16. The van der Waals surface area contributed by atoms with Crippen LogP contribution in [0.4, 0.5) is 0 Å². The fourth-order valence-corrected chi connectivity index (χ4v) is 1.61. The molecular formula is C10H18N2O. The lowest BCUT2D eigenvalue weighted by molar-refractivity contribution is 0.0211. The van der Waals surface area contributed by atoms with Gasteiger partial charge >= 0.3 is 0 Å². The molecule has 3 nitrogen and oxygen atoms in total. The van der Waals surface area contributed by atoms with E-state index in [4.69, 9.17) is 10.00 Å². The molecule has 0 N–H and O–H groups in total. The van der Waals surface area contributed by atoms with Gasteiger partial charge in [0.25, 0.3) is 0 Å². The van der Waals surface area contributed by atoms with E-state index in [9.17, 15) is 0 Å². The topological polar surface area (TPSA) is 36.3 Å². The van der Waals surface area contributed by atoms with Crippen LogP contribution in [0.3, 0.4) is 0 Å². The first-order valence-electron chi connectivity index (χ1n) is 4.80. The minimum absolute atomic E-state index is 0.359. The van der Waals surface area contributed by atoms with Gasteiger partial charge in [0.05, 0.1) is 6.07 Å². The Kier molecular flexibility index (Phi) is 3.29. The van der Waals surface area contributed by atoms with Crippen molar-refractivity contribution in [1.82, 2.24) is 4.90 Å². The normalized spacial score (nSPS) is 20.2. The molecule has 1 rings (SSSR count). The lowest BCUT2D eigenvalue weighted by Crippen LogP contribution is -2.48. The number of ether oxygens (including phenoxy) is 1. The summed E-state index contributed by atoms with van der Waals surface area (Å²) < 4.78 is 5.29. The van der Waals surface area contributed by atoms with Crippen molar-refractivity contribution in [1.29, 1.82) is 5.26 Å². The van der Waals surface area contributed by atoms with Crippen molar-refractivity contribution < 1.29 is 4.74 Å². The first-order valence-corrected chi connectivity index (χ1v) is 4.80. The fourth-order valence-electron chi connectivity index (χ4n) is 1.61. The predicted molar refractivity (Wildman–Crippen MR) is 51.3 cm³/mol. The van der Waals surface area contributed by atoms with Crippen LogP contribution in [0.2, 0.25) is 0 Å². The molecule has 0 bridgehead atoms. The molecule has 1 fully saturated rings. The van der Waals surface area contributed by atoms with Crippen molar-refractivity contribution in [3.8, 4) is 6.07 Å². The van der Waals surface area contributed by atoms with E-state index in [2.05, 4.69) is 11.0 Å². The maximum Gasteiger partial charge on any atom is 0.103 e. The van der Waals surface area contributed by atoms with Gasteiger partial charge in [0.15, 0.2) is 0 Å². The molecule has 3 heteroatoms. The van der Waals surface area contributed by atoms with Crippen molar-refractivity contribution in [3.63, 3.8) is 0 Å². The third-order valence-electron chi connectivity index (χ3n) is 2.89. The molecule has 0 saturated carbocycles. The van der Waals surface area contributed by atoms with Crippen LogP contribution >= 0.6 is 0 Å².